The molecule has 0 amide bonds. The molecule has 0 aromatic heterocycles. The van der Waals surface area contributed by atoms with Crippen LogP contribution in [0.3, 0.4) is 0 Å². The monoisotopic (exact) mass is 250 g/mol. The van der Waals surface area contributed by atoms with Crippen LogP contribution in [0.15, 0.2) is 24.3 Å². The zero-order valence-electron chi connectivity index (χ0n) is 13.0. The molecule has 0 aromatic rings. The van der Waals surface area contributed by atoms with Crippen molar-refractivity contribution in [3.8, 4) is 0 Å². The van der Waals surface area contributed by atoms with E-state index >= 15 is 0 Å². The average molecular weight is 250 g/mol. The molecule has 0 aliphatic rings. The molecule has 0 saturated carbocycles. The van der Waals surface area contributed by atoms with Gasteiger partial charge in [0.25, 0.3) is 0 Å². The number of rotatable bonds is 12. The van der Waals surface area contributed by atoms with Gasteiger partial charge in [0.15, 0.2) is 0 Å². The molecular weight excluding hydrogens is 216 g/mol. The van der Waals surface area contributed by atoms with Crippen LogP contribution in [0, 0.1) is 5.92 Å². The predicted molar refractivity (Wildman–Crippen MR) is 85.0 cm³/mol. The summed E-state index contributed by atoms with van der Waals surface area (Å²) in [5.74, 6) is 0.675. The quantitative estimate of drug-likeness (QED) is 0.268. The van der Waals surface area contributed by atoms with E-state index in [0.717, 1.165) is 6.42 Å². The summed E-state index contributed by atoms with van der Waals surface area (Å²) in [6.45, 7) is 10.7. The average Bonchev–Trinajstić information content (AvgIpc) is 2.32. The molecule has 0 heteroatoms. The summed E-state index contributed by atoms with van der Waals surface area (Å²) in [4.78, 5) is 0. The largest absolute Gasteiger partial charge is 0.103 e. The van der Waals surface area contributed by atoms with Gasteiger partial charge in [0.05, 0.1) is 0 Å². The van der Waals surface area contributed by atoms with Crippen LogP contribution in [-0.2, 0) is 0 Å². The number of hydrogen-bond donors (Lipinski definition) is 0. The molecule has 0 N–H and O–H groups in total. The molecule has 0 aliphatic carbocycles. The van der Waals surface area contributed by atoms with Gasteiger partial charge in [0.1, 0.15) is 0 Å². The molecule has 0 aliphatic heterocycles. The Morgan fingerprint density at radius 2 is 1.50 bits per heavy atom. The van der Waals surface area contributed by atoms with Crippen LogP contribution in [0.1, 0.15) is 85.0 Å². The molecule has 0 fully saturated rings. The fourth-order valence-electron chi connectivity index (χ4n) is 2.40. The van der Waals surface area contributed by atoms with Crippen molar-refractivity contribution in [3.63, 3.8) is 0 Å². The van der Waals surface area contributed by atoms with Crippen LogP contribution in [0.5, 0.6) is 0 Å². The second-order valence-electron chi connectivity index (χ2n) is 5.79. The third-order valence-corrected chi connectivity index (χ3v) is 3.33. The van der Waals surface area contributed by atoms with Crippen molar-refractivity contribution < 1.29 is 0 Å². The molecule has 0 saturated heterocycles. The molecule has 0 unspecified atom stereocenters. The first-order chi connectivity index (χ1) is 8.70. The molecular formula is C18H34. The molecule has 0 bridgehead atoms. The fourth-order valence-corrected chi connectivity index (χ4v) is 2.40. The normalized spacial score (nSPS) is 12.1. The Bertz CT molecular complexity index is 210. The van der Waals surface area contributed by atoms with Crippen LogP contribution in [-0.4, -0.2) is 0 Å². The molecule has 0 nitrogen and oxygen atoms in total. The van der Waals surface area contributed by atoms with Gasteiger partial charge in [-0.15, -0.1) is 6.58 Å². The molecule has 106 valence electrons. The van der Waals surface area contributed by atoms with E-state index in [1.807, 2.05) is 6.08 Å². The molecule has 18 heavy (non-hydrogen) atoms. The predicted octanol–water partition coefficient (Wildman–Crippen LogP) is 6.68. The number of allylic oxidation sites excluding steroid dienone is 3. The number of hydrogen-bond acceptors (Lipinski definition) is 0. The third kappa shape index (κ3) is 12.0. The first kappa shape index (κ1) is 17.5. The zero-order valence-corrected chi connectivity index (χ0v) is 13.0. The smallest absolute Gasteiger partial charge is 0.0141 e. The standard InChI is InChI=1S/C18H34/c1-5-7-8-9-10-11-12-13-15-18(14-6-2)16-17(3)4/h6,16-17H,2,5,7-15H2,1,3-4H3/b18-16+. The van der Waals surface area contributed by atoms with Crippen molar-refractivity contribution in [1.29, 1.82) is 0 Å². The highest BCUT2D eigenvalue weighted by Crippen LogP contribution is 2.17. The first-order valence-electron chi connectivity index (χ1n) is 8.01. The summed E-state index contributed by atoms with van der Waals surface area (Å²) in [5.41, 5.74) is 1.59. The second kappa shape index (κ2) is 12.9. The van der Waals surface area contributed by atoms with Gasteiger partial charge in [-0.05, 0) is 25.2 Å². The Hall–Kier alpha value is -0.520. The van der Waals surface area contributed by atoms with E-state index in [9.17, 15) is 0 Å². The molecule has 0 atom stereocenters. The Labute approximate surface area is 116 Å². The van der Waals surface area contributed by atoms with E-state index in [4.69, 9.17) is 0 Å². The third-order valence-electron chi connectivity index (χ3n) is 3.33. The van der Waals surface area contributed by atoms with Crippen molar-refractivity contribution in [2.24, 2.45) is 5.92 Å². The summed E-state index contributed by atoms with van der Waals surface area (Å²) in [6, 6.07) is 0. The first-order valence-corrected chi connectivity index (χ1v) is 8.01. The molecule has 0 spiro atoms. The van der Waals surface area contributed by atoms with E-state index < -0.39 is 0 Å². The molecule has 0 radical (unpaired) electrons. The summed E-state index contributed by atoms with van der Waals surface area (Å²) in [6.07, 6.45) is 18.1. The van der Waals surface area contributed by atoms with Crippen molar-refractivity contribution >= 4 is 0 Å². The summed E-state index contributed by atoms with van der Waals surface area (Å²) >= 11 is 0. The fraction of sp³-hybridized carbons (Fsp3) is 0.778. The molecule has 0 rings (SSSR count). The van der Waals surface area contributed by atoms with E-state index in [1.54, 1.807) is 5.57 Å². The lowest BCUT2D eigenvalue weighted by Crippen LogP contribution is -1.89. The van der Waals surface area contributed by atoms with Crippen molar-refractivity contribution in [3.05, 3.63) is 24.3 Å². The van der Waals surface area contributed by atoms with E-state index in [-0.39, 0.29) is 0 Å². The zero-order chi connectivity index (χ0) is 13.6. The highest BCUT2D eigenvalue weighted by Gasteiger charge is 1.98. The minimum atomic E-state index is 0.675. The van der Waals surface area contributed by atoms with Crippen LogP contribution in [0.4, 0.5) is 0 Å². The van der Waals surface area contributed by atoms with Crippen LogP contribution < -0.4 is 0 Å². The Balaban J connectivity index is 3.52. The summed E-state index contributed by atoms with van der Waals surface area (Å²) < 4.78 is 0. The second-order valence-corrected chi connectivity index (χ2v) is 5.79. The van der Waals surface area contributed by atoms with Gasteiger partial charge in [-0.3, -0.25) is 0 Å². The van der Waals surface area contributed by atoms with E-state index in [1.165, 1.54) is 57.8 Å². The maximum atomic E-state index is 3.85. The minimum Gasteiger partial charge on any atom is -0.103 e. The Morgan fingerprint density at radius 1 is 0.944 bits per heavy atom. The maximum absolute atomic E-state index is 3.85. The van der Waals surface area contributed by atoms with Gasteiger partial charge >= 0.3 is 0 Å². The van der Waals surface area contributed by atoms with Crippen molar-refractivity contribution in [2.45, 2.75) is 85.0 Å². The highest BCUT2D eigenvalue weighted by molar-refractivity contribution is 5.07. The molecule has 0 aromatic carbocycles. The van der Waals surface area contributed by atoms with Gasteiger partial charge in [0, 0.05) is 0 Å². The van der Waals surface area contributed by atoms with Gasteiger partial charge in [0.2, 0.25) is 0 Å². The van der Waals surface area contributed by atoms with Gasteiger partial charge in [-0.2, -0.15) is 0 Å². The van der Waals surface area contributed by atoms with Crippen molar-refractivity contribution in [1.82, 2.24) is 0 Å². The lowest BCUT2D eigenvalue weighted by molar-refractivity contribution is 0.573. The van der Waals surface area contributed by atoms with Crippen LogP contribution >= 0.6 is 0 Å². The van der Waals surface area contributed by atoms with Gasteiger partial charge in [-0.25, -0.2) is 0 Å². The summed E-state index contributed by atoms with van der Waals surface area (Å²) in [7, 11) is 0. The minimum absolute atomic E-state index is 0.675. The summed E-state index contributed by atoms with van der Waals surface area (Å²) in [5, 5.41) is 0. The van der Waals surface area contributed by atoms with E-state index in [2.05, 4.69) is 33.4 Å². The highest BCUT2D eigenvalue weighted by atomic mass is 14.0. The van der Waals surface area contributed by atoms with Gasteiger partial charge < -0.3 is 0 Å². The lowest BCUT2D eigenvalue weighted by atomic mass is 9.99. The Kier molecular flexibility index (Phi) is 12.6. The SMILES string of the molecule is C=CC/C(=C\C(C)C)CCCCCCCCCC. The lowest BCUT2D eigenvalue weighted by Gasteiger charge is -2.07. The van der Waals surface area contributed by atoms with Crippen molar-refractivity contribution in [2.75, 3.05) is 0 Å². The van der Waals surface area contributed by atoms with E-state index in [0.29, 0.717) is 5.92 Å². The topological polar surface area (TPSA) is 0 Å². The number of unbranched alkanes of at least 4 members (excludes halogenated alkanes) is 7. The Morgan fingerprint density at radius 3 is 2.00 bits per heavy atom. The molecule has 0 heterocycles. The maximum Gasteiger partial charge on any atom is -0.0141 e. The van der Waals surface area contributed by atoms with Crippen LogP contribution in [0.2, 0.25) is 0 Å². The van der Waals surface area contributed by atoms with Gasteiger partial charge in [-0.1, -0.05) is 83.4 Å². The van der Waals surface area contributed by atoms with Crippen LogP contribution in [0.25, 0.3) is 0 Å².